The molecule has 0 amide bonds. The van der Waals surface area contributed by atoms with E-state index < -0.39 is 12.0 Å². The zero-order valence-electron chi connectivity index (χ0n) is 11.5. The SMILES string of the molecule is CCc1nc(CC)n(CC(NC(C)C)C(=O)O)n1. The smallest absolute Gasteiger partial charge is 0.322 e. The van der Waals surface area contributed by atoms with Crippen LogP contribution in [0.4, 0.5) is 0 Å². The van der Waals surface area contributed by atoms with E-state index in [4.69, 9.17) is 0 Å². The molecule has 0 aliphatic heterocycles. The summed E-state index contributed by atoms with van der Waals surface area (Å²) >= 11 is 0. The van der Waals surface area contributed by atoms with Gasteiger partial charge in [0, 0.05) is 18.9 Å². The maximum atomic E-state index is 11.2. The number of aromatic nitrogens is 3. The number of hydrogen-bond donors (Lipinski definition) is 2. The summed E-state index contributed by atoms with van der Waals surface area (Å²) in [4.78, 5) is 15.6. The summed E-state index contributed by atoms with van der Waals surface area (Å²) in [6.45, 7) is 8.14. The van der Waals surface area contributed by atoms with Crippen LogP contribution in [0.2, 0.25) is 0 Å². The fourth-order valence-corrected chi connectivity index (χ4v) is 1.76. The zero-order valence-corrected chi connectivity index (χ0v) is 11.5. The minimum Gasteiger partial charge on any atom is -0.480 e. The molecule has 6 nitrogen and oxygen atoms in total. The lowest BCUT2D eigenvalue weighted by Crippen LogP contribution is -2.44. The molecule has 0 aromatic carbocycles. The van der Waals surface area contributed by atoms with E-state index >= 15 is 0 Å². The lowest BCUT2D eigenvalue weighted by atomic mass is 10.2. The highest BCUT2D eigenvalue weighted by Gasteiger charge is 2.21. The Balaban J connectivity index is 2.85. The summed E-state index contributed by atoms with van der Waals surface area (Å²) in [6.07, 6.45) is 1.51. The molecule has 2 N–H and O–H groups in total. The summed E-state index contributed by atoms with van der Waals surface area (Å²) < 4.78 is 1.70. The van der Waals surface area contributed by atoms with Crippen molar-refractivity contribution in [3.05, 3.63) is 11.6 Å². The van der Waals surface area contributed by atoms with E-state index in [0.717, 1.165) is 24.5 Å². The summed E-state index contributed by atoms with van der Waals surface area (Å²) in [5, 5.41) is 16.5. The molecule has 102 valence electrons. The first kappa shape index (κ1) is 14.6. The van der Waals surface area contributed by atoms with E-state index in [2.05, 4.69) is 15.4 Å². The number of rotatable bonds is 7. The Morgan fingerprint density at radius 3 is 2.50 bits per heavy atom. The van der Waals surface area contributed by atoms with Crippen LogP contribution in [0.5, 0.6) is 0 Å². The molecule has 0 radical (unpaired) electrons. The van der Waals surface area contributed by atoms with Crippen molar-refractivity contribution in [3.63, 3.8) is 0 Å². The fraction of sp³-hybridized carbons (Fsp3) is 0.750. The van der Waals surface area contributed by atoms with E-state index in [1.807, 2.05) is 27.7 Å². The van der Waals surface area contributed by atoms with Gasteiger partial charge in [-0.05, 0) is 0 Å². The summed E-state index contributed by atoms with van der Waals surface area (Å²) in [7, 11) is 0. The van der Waals surface area contributed by atoms with Gasteiger partial charge in [-0.1, -0.05) is 27.7 Å². The molecule has 1 aromatic rings. The minimum absolute atomic E-state index is 0.116. The van der Waals surface area contributed by atoms with Crippen LogP contribution in [-0.4, -0.2) is 37.9 Å². The van der Waals surface area contributed by atoms with Gasteiger partial charge in [0.2, 0.25) is 0 Å². The van der Waals surface area contributed by atoms with Crippen molar-refractivity contribution in [2.75, 3.05) is 0 Å². The first-order valence-corrected chi connectivity index (χ1v) is 6.39. The Hall–Kier alpha value is -1.43. The molecule has 6 heteroatoms. The van der Waals surface area contributed by atoms with Crippen molar-refractivity contribution >= 4 is 5.97 Å². The van der Waals surface area contributed by atoms with Crippen LogP contribution in [0.15, 0.2) is 0 Å². The normalized spacial score (nSPS) is 12.9. The maximum absolute atomic E-state index is 11.2. The molecule has 0 saturated heterocycles. The van der Waals surface area contributed by atoms with Crippen molar-refractivity contribution in [1.82, 2.24) is 20.1 Å². The highest BCUT2D eigenvalue weighted by atomic mass is 16.4. The average Bonchev–Trinajstić information content (AvgIpc) is 2.69. The van der Waals surface area contributed by atoms with Gasteiger partial charge in [-0.3, -0.25) is 4.79 Å². The number of carboxylic acid groups (broad SMARTS) is 1. The first-order valence-electron chi connectivity index (χ1n) is 6.39. The van der Waals surface area contributed by atoms with E-state index in [0.29, 0.717) is 6.54 Å². The van der Waals surface area contributed by atoms with Crippen molar-refractivity contribution < 1.29 is 9.90 Å². The topological polar surface area (TPSA) is 80.0 Å². The molecular formula is C12H22N4O2. The number of nitrogens with zero attached hydrogens (tertiary/aromatic N) is 3. The van der Waals surface area contributed by atoms with Gasteiger partial charge in [0.1, 0.15) is 11.9 Å². The standard InChI is InChI=1S/C12H22N4O2/c1-5-10-14-11(6-2)16(15-10)7-9(12(17)18)13-8(3)4/h8-9,13H,5-7H2,1-4H3,(H,17,18). The predicted octanol–water partition coefficient (Wildman–Crippen LogP) is 0.854. The third-order valence-electron chi connectivity index (χ3n) is 2.61. The number of nitrogens with one attached hydrogen (secondary N) is 1. The van der Waals surface area contributed by atoms with Crippen LogP contribution in [0.25, 0.3) is 0 Å². The molecule has 1 unspecified atom stereocenters. The Kier molecular flexibility index (Phi) is 5.27. The number of aryl methyl sites for hydroxylation is 2. The number of hydrogen-bond acceptors (Lipinski definition) is 4. The van der Waals surface area contributed by atoms with E-state index in [-0.39, 0.29) is 6.04 Å². The van der Waals surface area contributed by atoms with Gasteiger partial charge in [0.05, 0.1) is 6.54 Å². The third-order valence-corrected chi connectivity index (χ3v) is 2.61. The summed E-state index contributed by atoms with van der Waals surface area (Å²) in [5.74, 6) is 0.739. The molecule has 1 rings (SSSR count). The van der Waals surface area contributed by atoms with Crippen LogP contribution in [0, 0.1) is 0 Å². The lowest BCUT2D eigenvalue weighted by Gasteiger charge is -2.17. The van der Waals surface area contributed by atoms with E-state index in [9.17, 15) is 9.90 Å². The average molecular weight is 254 g/mol. The second-order valence-electron chi connectivity index (χ2n) is 4.55. The van der Waals surface area contributed by atoms with Gasteiger partial charge in [-0.2, -0.15) is 5.10 Å². The largest absolute Gasteiger partial charge is 0.480 e. The molecule has 1 heterocycles. The van der Waals surface area contributed by atoms with Gasteiger partial charge in [-0.15, -0.1) is 0 Å². The zero-order chi connectivity index (χ0) is 13.7. The van der Waals surface area contributed by atoms with Crippen LogP contribution in [0.1, 0.15) is 39.3 Å². The van der Waals surface area contributed by atoms with E-state index in [1.54, 1.807) is 4.68 Å². The number of aliphatic carboxylic acids is 1. The lowest BCUT2D eigenvalue weighted by molar-refractivity contribution is -0.140. The van der Waals surface area contributed by atoms with Gasteiger partial charge in [-0.25, -0.2) is 9.67 Å². The highest BCUT2D eigenvalue weighted by Crippen LogP contribution is 2.03. The first-order chi connectivity index (χ1) is 8.47. The molecule has 0 bridgehead atoms. The number of carboxylic acids is 1. The fourth-order valence-electron chi connectivity index (χ4n) is 1.76. The molecule has 0 fully saturated rings. The molecule has 0 spiro atoms. The predicted molar refractivity (Wildman–Crippen MR) is 68.5 cm³/mol. The molecule has 0 aliphatic carbocycles. The highest BCUT2D eigenvalue weighted by molar-refractivity contribution is 5.73. The minimum atomic E-state index is -0.862. The Morgan fingerprint density at radius 1 is 1.39 bits per heavy atom. The Morgan fingerprint density at radius 2 is 2.06 bits per heavy atom. The van der Waals surface area contributed by atoms with Crippen molar-refractivity contribution in [1.29, 1.82) is 0 Å². The molecule has 0 saturated carbocycles. The van der Waals surface area contributed by atoms with Gasteiger partial charge >= 0.3 is 5.97 Å². The van der Waals surface area contributed by atoms with Crippen molar-refractivity contribution in [2.45, 2.75) is 59.2 Å². The second kappa shape index (κ2) is 6.49. The van der Waals surface area contributed by atoms with E-state index in [1.165, 1.54) is 0 Å². The number of carbonyl (C=O) groups is 1. The van der Waals surface area contributed by atoms with Gasteiger partial charge < -0.3 is 10.4 Å². The Bertz CT molecular complexity index is 401. The molecular weight excluding hydrogens is 232 g/mol. The van der Waals surface area contributed by atoms with Crippen LogP contribution < -0.4 is 5.32 Å². The summed E-state index contributed by atoms with van der Waals surface area (Å²) in [5.41, 5.74) is 0. The van der Waals surface area contributed by atoms with Crippen molar-refractivity contribution in [3.8, 4) is 0 Å². The molecule has 18 heavy (non-hydrogen) atoms. The van der Waals surface area contributed by atoms with Crippen LogP contribution in [-0.2, 0) is 24.2 Å². The quantitative estimate of drug-likeness (QED) is 0.754. The van der Waals surface area contributed by atoms with Crippen molar-refractivity contribution in [2.24, 2.45) is 0 Å². The van der Waals surface area contributed by atoms with Gasteiger partial charge in [0.25, 0.3) is 0 Å². The maximum Gasteiger partial charge on any atom is 0.322 e. The van der Waals surface area contributed by atoms with Gasteiger partial charge in [0.15, 0.2) is 5.82 Å². The van der Waals surface area contributed by atoms with Crippen LogP contribution >= 0.6 is 0 Å². The molecule has 1 aromatic heterocycles. The monoisotopic (exact) mass is 254 g/mol. The molecule has 0 aliphatic rings. The van der Waals surface area contributed by atoms with Crippen LogP contribution in [0.3, 0.4) is 0 Å². The summed E-state index contributed by atoms with van der Waals surface area (Å²) in [6, 6.07) is -0.521. The Labute approximate surface area is 107 Å². The third kappa shape index (κ3) is 3.80. The second-order valence-corrected chi connectivity index (χ2v) is 4.55. The molecule has 1 atom stereocenters.